The minimum atomic E-state index is -4.91. The van der Waals surface area contributed by atoms with Crippen LogP contribution in [0.4, 0.5) is 23.2 Å². The summed E-state index contributed by atoms with van der Waals surface area (Å²) in [6.45, 7) is 1.82. The predicted octanol–water partition coefficient (Wildman–Crippen LogP) is 4.58. The molecule has 3 aromatic rings. The van der Waals surface area contributed by atoms with E-state index < -0.39 is 29.7 Å². The van der Waals surface area contributed by atoms with Crippen LogP contribution in [0.1, 0.15) is 41.6 Å². The van der Waals surface area contributed by atoms with Gasteiger partial charge in [-0.1, -0.05) is 0 Å². The highest BCUT2D eigenvalue weighted by atomic mass is 19.4. The zero-order valence-electron chi connectivity index (χ0n) is 17.5. The van der Waals surface area contributed by atoms with Crippen LogP contribution in [-0.4, -0.2) is 46.1 Å². The van der Waals surface area contributed by atoms with E-state index in [0.717, 1.165) is 12.1 Å². The molecule has 0 atom stereocenters. The number of H-pyrrole nitrogens is 1. The molecule has 11 heteroatoms. The fraction of sp³-hybridized carbons (Fsp3) is 0.318. The fourth-order valence-corrected chi connectivity index (χ4v) is 4.16. The Morgan fingerprint density at radius 2 is 1.94 bits per heavy atom. The normalized spacial score (nSPS) is 15.0. The topological polar surface area (TPSA) is 87.3 Å². The van der Waals surface area contributed by atoms with Gasteiger partial charge < -0.3 is 19.9 Å². The van der Waals surface area contributed by atoms with E-state index in [-0.39, 0.29) is 17.2 Å². The van der Waals surface area contributed by atoms with Gasteiger partial charge in [0, 0.05) is 43.2 Å². The van der Waals surface area contributed by atoms with Gasteiger partial charge in [-0.3, -0.25) is 9.59 Å². The van der Waals surface area contributed by atoms with Crippen LogP contribution in [0.25, 0.3) is 11.0 Å². The quantitative estimate of drug-likeness (QED) is 0.554. The summed E-state index contributed by atoms with van der Waals surface area (Å²) in [4.78, 5) is 33.2. The number of benzene rings is 1. The van der Waals surface area contributed by atoms with E-state index in [1.54, 1.807) is 12.3 Å². The zero-order chi connectivity index (χ0) is 23.8. The molecule has 0 spiro atoms. The standard InChI is InChI=1S/C22H20F4N4O3/c1-12(31)29-18-10-14(33-22(24,25)26)2-3-15(18)21(32)30-8-5-13(6-9-30)19-16-4-7-27-20(16)28-11-17(19)23/h2-4,7,10-11,13H,5-6,8-9H2,1H3,(H,27,28)(H,29,31). The molecule has 3 heterocycles. The van der Waals surface area contributed by atoms with E-state index in [1.807, 2.05) is 0 Å². The number of aromatic amines is 1. The molecule has 4 rings (SSSR count). The molecule has 0 aliphatic carbocycles. The number of carbonyl (C=O) groups excluding carboxylic acids is 2. The van der Waals surface area contributed by atoms with Crippen molar-refractivity contribution in [3.63, 3.8) is 0 Å². The minimum Gasteiger partial charge on any atom is -0.406 e. The summed E-state index contributed by atoms with van der Waals surface area (Å²) in [5, 5.41) is 3.09. The summed E-state index contributed by atoms with van der Waals surface area (Å²) in [5.41, 5.74) is 1.11. The maximum Gasteiger partial charge on any atom is 0.573 e. The second kappa shape index (κ2) is 8.72. The Morgan fingerprint density at radius 1 is 1.21 bits per heavy atom. The van der Waals surface area contributed by atoms with Crippen molar-refractivity contribution in [3.05, 3.63) is 53.6 Å². The molecule has 2 N–H and O–H groups in total. The number of nitrogens with one attached hydrogen (secondary N) is 2. The summed E-state index contributed by atoms with van der Waals surface area (Å²) in [6, 6.07) is 4.94. The van der Waals surface area contributed by atoms with Crippen LogP contribution in [0.5, 0.6) is 5.75 Å². The third-order valence-corrected chi connectivity index (χ3v) is 5.54. The van der Waals surface area contributed by atoms with Gasteiger partial charge >= 0.3 is 6.36 Å². The van der Waals surface area contributed by atoms with Crippen molar-refractivity contribution in [3.8, 4) is 5.75 Å². The molecule has 0 bridgehead atoms. The number of carbonyl (C=O) groups is 2. The van der Waals surface area contributed by atoms with Gasteiger partial charge in [0.2, 0.25) is 5.91 Å². The molecule has 1 fully saturated rings. The van der Waals surface area contributed by atoms with E-state index in [4.69, 9.17) is 0 Å². The Balaban J connectivity index is 1.53. The Bertz CT molecular complexity index is 1200. The first kappa shape index (κ1) is 22.6. The van der Waals surface area contributed by atoms with Gasteiger partial charge in [-0.25, -0.2) is 9.37 Å². The number of aromatic nitrogens is 2. The highest BCUT2D eigenvalue weighted by molar-refractivity contribution is 6.03. The number of fused-ring (bicyclic) bond motifs is 1. The summed E-state index contributed by atoms with van der Waals surface area (Å²) in [5.74, 6) is -2.06. The van der Waals surface area contributed by atoms with E-state index in [0.29, 0.717) is 42.5 Å². The molecule has 0 radical (unpaired) electrons. The molecule has 1 aliphatic rings. The number of anilines is 1. The number of amides is 2. The SMILES string of the molecule is CC(=O)Nc1cc(OC(F)(F)F)ccc1C(=O)N1CCC(c2c(F)cnc3[nH]ccc23)CC1. The van der Waals surface area contributed by atoms with Crippen molar-refractivity contribution in [2.75, 3.05) is 18.4 Å². The van der Waals surface area contributed by atoms with Crippen molar-refractivity contribution in [1.82, 2.24) is 14.9 Å². The van der Waals surface area contributed by atoms with E-state index in [9.17, 15) is 27.2 Å². The van der Waals surface area contributed by atoms with Gasteiger partial charge in [-0.2, -0.15) is 0 Å². The van der Waals surface area contributed by atoms with Crippen molar-refractivity contribution in [2.45, 2.75) is 32.0 Å². The number of ether oxygens (including phenoxy) is 1. The van der Waals surface area contributed by atoms with Gasteiger partial charge in [0.1, 0.15) is 17.2 Å². The highest BCUT2D eigenvalue weighted by Gasteiger charge is 2.32. The molecule has 33 heavy (non-hydrogen) atoms. The number of nitrogens with zero attached hydrogens (tertiary/aromatic N) is 2. The Hall–Kier alpha value is -3.63. The number of piperidine rings is 1. The molecule has 1 aliphatic heterocycles. The summed E-state index contributed by atoms with van der Waals surface area (Å²) in [7, 11) is 0. The third-order valence-electron chi connectivity index (χ3n) is 5.54. The highest BCUT2D eigenvalue weighted by Crippen LogP contribution is 2.35. The van der Waals surface area contributed by atoms with E-state index in [2.05, 4.69) is 20.0 Å². The monoisotopic (exact) mass is 464 g/mol. The molecule has 2 aromatic heterocycles. The lowest BCUT2D eigenvalue weighted by Crippen LogP contribution is -2.38. The maximum absolute atomic E-state index is 14.5. The fourth-order valence-electron chi connectivity index (χ4n) is 4.16. The number of halogens is 4. The van der Waals surface area contributed by atoms with Crippen LogP contribution < -0.4 is 10.1 Å². The van der Waals surface area contributed by atoms with Crippen molar-refractivity contribution in [2.24, 2.45) is 0 Å². The number of hydrogen-bond donors (Lipinski definition) is 2. The second-order valence-electron chi connectivity index (χ2n) is 7.76. The predicted molar refractivity (Wildman–Crippen MR) is 111 cm³/mol. The number of likely N-dealkylation sites (tertiary alicyclic amines) is 1. The molecule has 1 saturated heterocycles. The largest absolute Gasteiger partial charge is 0.573 e. The molecular formula is C22H20F4N4O3. The Labute approximate surface area is 185 Å². The van der Waals surface area contributed by atoms with Crippen LogP contribution in [0, 0.1) is 5.82 Å². The van der Waals surface area contributed by atoms with Gasteiger partial charge in [0.25, 0.3) is 5.91 Å². The average Bonchev–Trinajstić information content (AvgIpc) is 3.21. The van der Waals surface area contributed by atoms with E-state index in [1.165, 1.54) is 24.1 Å². The molecule has 7 nitrogen and oxygen atoms in total. The molecule has 1 aromatic carbocycles. The molecule has 0 unspecified atom stereocenters. The molecule has 0 saturated carbocycles. The second-order valence-corrected chi connectivity index (χ2v) is 7.76. The number of pyridine rings is 1. The number of rotatable bonds is 4. The van der Waals surface area contributed by atoms with Crippen LogP contribution >= 0.6 is 0 Å². The van der Waals surface area contributed by atoms with Gasteiger partial charge in [0.05, 0.1) is 17.4 Å². The Morgan fingerprint density at radius 3 is 2.61 bits per heavy atom. The number of hydrogen-bond acceptors (Lipinski definition) is 4. The maximum atomic E-state index is 14.5. The minimum absolute atomic E-state index is 0.0429. The average molecular weight is 464 g/mol. The third kappa shape index (κ3) is 4.91. The molecule has 2 amide bonds. The molecular weight excluding hydrogens is 444 g/mol. The smallest absolute Gasteiger partial charge is 0.406 e. The van der Waals surface area contributed by atoms with Crippen LogP contribution in [-0.2, 0) is 4.79 Å². The van der Waals surface area contributed by atoms with Crippen LogP contribution in [0.3, 0.4) is 0 Å². The zero-order valence-corrected chi connectivity index (χ0v) is 17.5. The lowest BCUT2D eigenvalue weighted by molar-refractivity contribution is -0.274. The first-order valence-electron chi connectivity index (χ1n) is 10.2. The van der Waals surface area contributed by atoms with Crippen LogP contribution in [0.15, 0.2) is 36.7 Å². The van der Waals surface area contributed by atoms with Gasteiger partial charge in [0.15, 0.2) is 0 Å². The lowest BCUT2D eigenvalue weighted by Gasteiger charge is -2.33. The van der Waals surface area contributed by atoms with Crippen molar-refractivity contribution < 1.29 is 31.9 Å². The number of alkyl halides is 3. The summed E-state index contributed by atoms with van der Waals surface area (Å²) in [6.07, 6.45) is -1.05. The molecule has 174 valence electrons. The van der Waals surface area contributed by atoms with Crippen molar-refractivity contribution >= 4 is 28.5 Å². The first-order chi connectivity index (χ1) is 15.6. The lowest BCUT2D eigenvalue weighted by atomic mass is 9.87. The van der Waals surface area contributed by atoms with Crippen LogP contribution in [0.2, 0.25) is 0 Å². The summed E-state index contributed by atoms with van der Waals surface area (Å²) < 4.78 is 56.1. The van der Waals surface area contributed by atoms with Gasteiger partial charge in [-0.05, 0) is 37.0 Å². The van der Waals surface area contributed by atoms with E-state index >= 15 is 0 Å². The van der Waals surface area contributed by atoms with Gasteiger partial charge in [-0.15, -0.1) is 13.2 Å². The summed E-state index contributed by atoms with van der Waals surface area (Å²) >= 11 is 0. The van der Waals surface area contributed by atoms with Crippen molar-refractivity contribution in [1.29, 1.82) is 0 Å². The Kier molecular flexibility index (Phi) is 5.96. The first-order valence-corrected chi connectivity index (χ1v) is 10.2.